The number of nitrogens with one attached hydrogen (secondary N) is 2. The van der Waals surface area contributed by atoms with Crippen LogP contribution in [0.2, 0.25) is 0 Å². The average molecular weight is 628 g/mol. The molecule has 8 nitrogen and oxygen atoms in total. The molecule has 4 aromatic rings. The maximum atomic E-state index is 15.9. The summed E-state index contributed by atoms with van der Waals surface area (Å²) in [6.07, 6.45) is 8.04. The van der Waals surface area contributed by atoms with Crippen LogP contribution in [-0.4, -0.2) is 51.2 Å². The number of likely N-dealkylation sites (tertiary alicyclic amines) is 1. The number of hydrogen-bond acceptors (Lipinski definition) is 6. The molecule has 1 aliphatic heterocycles. The highest BCUT2D eigenvalue weighted by molar-refractivity contribution is 5.95. The van der Waals surface area contributed by atoms with Crippen molar-refractivity contribution in [2.75, 3.05) is 13.1 Å². The average Bonchev–Trinajstić information content (AvgIpc) is 3.61. The van der Waals surface area contributed by atoms with Gasteiger partial charge in [-0.05, 0) is 98.3 Å². The second-order valence-corrected chi connectivity index (χ2v) is 12.5. The summed E-state index contributed by atoms with van der Waals surface area (Å²) < 4.78 is 37.9. The molecule has 0 atom stereocenters. The van der Waals surface area contributed by atoms with Gasteiger partial charge in [0, 0.05) is 42.5 Å². The number of nitrogens with zero attached hydrogens (tertiary/aromatic N) is 3. The largest absolute Gasteiger partial charge is 0.457 e. The molecule has 2 aromatic carbocycles. The van der Waals surface area contributed by atoms with Gasteiger partial charge in [-0.3, -0.25) is 9.59 Å². The lowest BCUT2D eigenvalue weighted by Crippen LogP contribution is -2.47. The fraction of sp³-hybridized carbons (Fsp3) is 0.389. The van der Waals surface area contributed by atoms with Gasteiger partial charge in [-0.2, -0.15) is 19.0 Å². The van der Waals surface area contributed by atoms with Crippen molar-refractivity contribution < 1.29 is 18.3 Å². The second-order valence-electron chi connectivity index (χ2n) is 12.5. The van der Waals surface area contributed by atoms with E-state index < -0.39 is 22.6 Å². The number of aromatic nitrogens is 3. The fourth-order valence-electron chi connectivity index (χ4n) is 6.39. The van der Waals surface area contributed by atoms with Crippen LogP contribution in [0.25, 0.3) is 11.3 Å². The van der Waals surface area contributed by atoms with Crippen LogP contribution in [0.1, 0.15) is 85.5 Å². The molecular formula is C36H39F2N5O3. The highest BCUT2D eigenvalue weighted by Crippen LogP contribution is 2.41. The van der Waals surface area contributed by atoms with E-state index >= 15 is 8.78 Å². The van der Waals surface area contributed by atoms with Crippen LogP contribution in [0.3, 0.4) is 0 Å². The lowest BCUT2D eigenvalue weighted by molar-refractivity contribution is 0.0390. The smallest absolute Gasteiger partial charge is 0.307 e. The SMILES string of the molecule is CC(C)c1ccc(-c2ccc(Oc3cc(C(=O)NC4CCN(C5CCCC5)CC4)ccc3C(F)(F)c3ccc[nH]c3=O)cc2)nn1. The van der Waals surface area contributed by atoms with Gasteiger partial charge in [-0.25, -0.2) is 0 Å². The Morgan fingerprint density at radius 2 is 1.70 bits per heavy atom. The number of halogens is 2. The van der Waals surface area contributed by atoms with Gasteiger partial charge >= 0.3 is 5.92 Å². The first-order chi connectivity index (χ1) is 22.2. The quantitative estimate of drug-likeness (QED) is 0.207. The Hall–Kier alpha value is -4.44. The van der Waals surface area contributed by atoms with E-state index in [4.69, 9.17) is 4.74 Å². The van der Waals surface area contributed by atoms with Gasteiger partial charge in [0.1, 0.15) is 11.5 Å². The minimum Gasteiger partial charge on any atom is -0.457 e. The number of piperidine rings is 1. The third-order valence-corrected chi connectivity index (χ3v) is 9.10. The van der Waals surface area contributed by atoms with Gasteiger partial charge < -0.3 is 19.9 Å². The molecule has 10 heteroatoms. The number of amides is 1. The Labute approximate surface area is 267 Å². The van der Waals surface area contributed by atoms with Crippen molar-refractivity contribution in [1.82, 2.24) is 25.4 Å². The number of carbonyl (C=O) groups excluding carboxylic acids is 1. The molecule has 0 radical (unpaired) electrons. The van der Waals surface area contributed by atoms with E-state index in [0.717, 1.165) is 43.3 Å². The predicted molar refractivity (Wildman–Crippen MR) is 172 cm³/mol. The van der Waals surface area contributed by atoms with E-state index in [-0.39, 0.29) is 34.9 Å². The van der Waals surface area contributed by atoms with E-state index in [1.54, 1.807) is 24.3 Å². The van der Waals surface area contributed by atoms with Crippen molar-refractivity contribution in [2.45, 2.75) is 76.3 Å². The normalized spacial score (nSPS) is 16.5. The molecule has 0 bridgehead atoms. The molecule has 1 aliphatic carbocycles. The van der Waals surface area contributed by atoms with Crippen LogP contribution in [0.15, 0.2) is 77.7 Å². The molecule has 6 rings (SSSR count). The minimum atomic E-state index is -3.69. The van der Waals surface area contributed by atoms with Crippen LogP contribution >= 0.6 is 0 Å². The molecule has 1 saturated heterocycles. The van der Waals surface area contributed by atoms with Crippen LogP contribution in [0.4, 0.5) is 8.78 Å². The standard InChI is InChI=1S/C36H39F2N5O3/c1-23(2)31-15-16-32(42-41-31)24-9-12-28(13-10-24)46-33-22-25(11-14-29(33)36(37,38)30-8-5-19-39-35(30)45)34(44)40-26-17-20-43(21-18-26)27-6-3-4-7-27/h5,8-16,19,22-23,26-27H,3-4,6-7,17-18,20-21H2,1-2H3,(H,39,45)(H,40,44). The monoisotopic (exact) mass is 627 g/mol. The molecule has 1 amide bonds. The van der Waals surface area contributed by atoms with Gasteiger partial charge in [-0.1, -0.05) is 26.7 Å². The maximum Gasteiger partial charge on any atom is 0.307 e. The second kappa shape index (κ2) is 13.5. The molecule has 1 saturated carbocycles. The van der Waals surface area contributed by atoms with Crippen LogP contribution in [-0.2, 0) is 5.92 Å². The first-order valence-corrected chi connectivity index (χ1v) is 16.1. The summed E-state index contributed by atoms with van der Waals surface area (Å²) >= 11 is 0. The van der Waals surface area contributed by atoms with Gasteiger partial charge in [-0.15, -0.1) is 0 Å². The highest BCUT2D eigenvalue weighted by Gasteiger charge is 2.40. The summed E-state index contributed by atoms with van der Waals surface area (Å²) in [5.41, 5.74) is 0.385. The van der Waals surface area contributed by atoms with E-state index in [9.17, 15) is 9.59 Å². The Morgan fingerprint density at radius 1 is 0.957 bits per heavy atom. The number of carbonyl (C=O) groups is 1. The van der Waals surface area contributed by atoms with Crippen LogP contribution in [0.5, 0.6) is 11.5 Å². The van der Waals surface area contributed by atoms with E-state index in [1.165, 1.54) is 56.1 Å². The number of ether oxygens (including phenoxy) is 1. The van der Waals surface area contributed by atoms with Crippen molar-refractivity contribution in [2.24, 2.45) is 0 Å². The summed E-state index contributed by atoms with van der Waals surface area (Å²) in [7, 11) is 0. The molecule has 0 spiro atoms. The Balaban J connectivity index is 1.24. The van der Waals surface area contributed by atoms with Crippen molar-refractivity contribution >= 4 is 5.91 Å². The zero-order chi connectivity index (χ0) is 32.3. The van der Waals surface area contributed by atoms with E-state index in [0.29, 0.717) is 11.7 Å². The summed E-state index contributed by atoms with van der Waals surface area (Å²) in [6, 6.07) is 17.6. The number of hydrogen-bond donors (Lipinski definition) is 2. The number of H-pyrrole nitrogens is 1. The van der Waals surface area contributed by atoms with Gasteiger partial charge in [0.25, 0.3) is 11.5 Å². The van der Waals surface area contributed by atoms with Crippen molar-refractivity contribution in [3.05, 3.63) is 106 Å². The molecular weight excluding hydrogens is 588 g/mol. The zero-order valence-electron chi connectivity index (χ0n) is 26.1. The summed E-state index contributed by atoms with van der Waals surface area (Å²) in [5.74, 6) is -3.73. The molecule has 0 unspecified atom stereocenters. The molecule has 2 aliphatic rings. The Morgan fingerprint density at radius 3 is 2.35 bits per heavy atom. The summed E-state index contributed by atoms with van der Waals surface area (Å²) in [5, 5.41) is 11.7. The maximum absolute atomic E-state index is 15.9. The minimum absolute atomic E-state index is 0.00349. The molecule has 2 aromatic heterocycles. The van der Waals surface area contributed by atoms with Crippen LogP contribution < -0.4 is 15.6 Å². The number of rotatable bonds is 9. The molecule has 2 N–H and O–H groups in total. The number of alkyl halides is 2. The van der Waals surface area contributed by atoms with Crippen molar-refractivity contribution in [3.63, 3.8) is 0 Å². The van der Waals surface area contributed by atoms with E-state index in [1.807, 2.05) is 26.0 Å². The lowest BCUT2D eigenvalue weighted by atomic mass is 9.98. The third kappa shape index (κ3) is 6.87. The molecule has 240 valence electrons. The van der Waals surface area contributed by atoms with Gasteiger partial charge in [0.05, 0.1) is 22.5 Å². The van der Waals surface area contributed by atoms with Crippen molar-refractivity contribution in [3.8, 4) is 22.8 Å². The summed E-state index contributed by atoms with van der Waals surface area (Å²) in [6.45, 7) is 5.95. The number of aromatic amines is 1. The van der Waals surface area contributed by atoms with Gasteiger partial charge in [0.15, 0.2) is 0 Å². The lowest BCUT2D eigenvalue weighted by Gasteiger charge is -2.36. The summed E-state index contributed by atoms with van der Waals surface area (Å²) in [4.78, 5) is 30.6. The zero-order valence-corrected chi connectivity index (χ0v) is 26.1. The third-order valence-electron chi connectivity index (χ3n) is 9.10. The number of benzene rings is 2. The topological polar surface area (TPSA) is 100 Å². The Bertz CT molecular complexity index is 1710. The molecule has 46 heavy (non-hydrogen) atoms. The number of pyridine rings is 1. The first-order valence-electron chi connectivity index (χ1n) is 16.1. The predicted octanol–water partition coefficient (Wildman–Crippen LogP) is 7.02. The van der Waals surface area contributed by atoms with Crippen molar-refractivity contribution in [1.29, 1.82) is 0 Å². The first kappa shape index (κ1) is 31.5. The Kier molecular flexibility index (Phi) is 9.26. The van der Waals surface area contributed by atoms with E-state index in [2.05, 4.69) is 25.4 Å². The highest BCUT2D eigenvalue weighted by atomic mass is 19.3. The fourth-order valence-corrected chi connectivity index (χ4v) is 6.39. The van der Waals surface area contributed by atoms with Crippen LogP contribution in [0, 0.1) is 0 Å². The molecule has 2 fully saturated rings. The van der Waals surface area contributed by atoms with Gasteiger partial charge in [0.2, 0.25) is 0 Å². The molecule has 3 heterocycles.